The van der Waals surface area contributed by atoms with E-state index in [0.29, 0.717) is 17.9 Å². The molecule has 1 aliphatic rings. The Kier molecular flexibility index (Phi) is 4.37. The summed E-state index contributed by atoms with van der Waals surface area (Å²) in [4.78, 5) is 23.2. The summed E-state index contributed by atoms with van der Waals surface area (Å²) in [6.07, 6.45) is 1.80. The SMILES string of the molecule is CC1(C(=O)O)CCCC1NC(=O)Nc1cc(Cl)ccc1F. The van der Waals surface area contributed by atoms with Crippen LogP contribution in [0, 0.1) is 11.2 Å². The second-order valence-corrected chi connectivity index (χ2v) is 5.83. The van der Waals surface area contributed by atoms with E-state index in [1.807, 2.05) is 0 Å². The van der Waals surface area contributed by atoms with Crippen molar-refractivity contribution >= 4 is 29.3 Å². The number of carboxylic acids is 1. The Bertz CT molecular complexity index is 581. The van der Waals surface area contributed by atoms with Crippen LogP contribution in [0.4, 0.5) is 14.9 Å². The second-order valence-electron chi connectivity index (χ2n) is 5.39. The summed E-state index contributed by atoms with van der Waals surface area (Å²) in [5.41, 5.74) is -1.04. The van der Waals surface area contributed by atoms with Gasteiger partial charge in [-0.1, -0.05) is 18.0 Å². The molecule has 1 aromatic rings. The van der Waals surface area contributed by atoms with Crippen molar-refractivity contribution in [2.45, 2.75) is 32.2 Å². The summed E-state index contributed by atoms with van der Waals surface area (Å²) < 4.78 is 13.5. The van der Waals surface area contributed by atoms with Crippen LogP contribution in [0.1, 0.15) is 26.2 Å². The summed E-state index contributed by atoms with van der Waals surface area (Å²) in [6.45, 7) is 1.60. The standard InChI is InChI=1S/C14H16ClFN2O3/c1-14(12(19)20)6-2-3-11(14)18-13(21)17-10-7-8(15)4-5-9(10)16/h4-5,7,11H,2-3,6H2,1H3,(H,19,20)(H2,17,18,21). The van der Waals surface area contributed by atoms with Crippen molar-refractivity contribution in [1.29, 1.82) is 0 Å². The Balaban J connectivity index is 2.05. The Labute approximate surface area is 126 Å². The van der Waals surface area contributed by atoms with Crippen molar-refractivity contribution in [2.75, 3.05) is 5.32 Å². The Hall–Kier alpha value is -1.82. The first-order chi connectivity index (χ1) is 9.83. The van der Waals surface area contributed by atoms with E-state index in [0.717, 1.165) is 12.5 Å². The third-order valence-electron chi connectivity index (χ3n) is 3.93. The number of amides is 2. The number of halogens is 2. The summed E-state index contributed by atoms with van der Waals surface area (Å²) in [5, 5.41) is 14.5. The smallest absolute Gasteiger partial charge is 0.319 e. The topological polar surface area (TPSA) is 78.4 Å². The monoisotopic (exact) mass is 314 g/mol. The van der Waals surface area contributed by atoms with E-state index >= 15 is 0 Å². The highest BCUT2D eigenvalue weighted by molar-refractivity contribution is 6.30. The number of benzene rings is 1. The fourth-order valence-electron chi connectivity index (χ4n) is 2.56. The number of carbonyl (C=O) groups excluding carboxylic acids is 1. The molecule has 2 amide bonds. The van der Waals surface area contributed by atoms with Gasteiger partial charge in [-0.3, -0.25) is 4.79 Å². The molecule has 7 heteroatoms. The molecule has 1 aromatic carbocycles. The highest BCUT2D eigenvalue weighted by Gasteiger charge is 2.45. The molecule has 2 unspecified atom stereocenters. The van der Waals surface area contributed by atoms with Gasteiger partial charge in [-0.05, 0) is 38.0 Å². The highest BCUT2D eigenvalue weighted by atomic mass is 35.5. The van der Waals surface area contributed by atoms with Gasteiger partial charge in [-0.15, -0.1) is 0 Å². The maximum absolute atomic E-state index is 13.5. The van der Waals surface area contributed by atoms with Gasteiger partial charge in [-0.25, -0.2) is 9.18 Å². The fraction of sp³-hybridized carbons (Fsp3) is 0.429. The van der Waals surface area contributed by atoms with Gasteiger partial charge >= 0.3 is 12.0 Å². The zero-order chi connectivity index (χ0) is 15.6. The van der Waals surface area contributed by atoms with E-state index in [2.05, 4.69) is 10.6 Å². The summed E-state index contributed by atoms with van der Waals surface area (Å²) >= 11 is 5.74. The minimum atomic E-state index is -0.996. The van der Waals surface area contributed by atoms with Crippen molar-refractivity contribution in [3.63, 3.8) is 0 Å². The zero-order valence-electron chi connectivity index (χ0n) is 11.5. The lowest BCUT2D eigenvalue weighted by atomic mass is 9.85. The molecule has 1 saturated carbocycles. The van der Waals surface area contributed by atoms with Gasteiger partial charge in [0.1, 0.15) is 5.82 Å². The molecule has 0 bridgehead atoms. The third-order valence-corrected chi connectivity index (χ3v) is 4.16. The molecule has 0 aliphatic heterocycles. The van der Waals surface area contributed by atoms with Crippen LogP contribution in [0.2, 0.25) is 5.02 Å². The molecule has 0 aromatic heterocycles. The van der Waals surface area contributed by atoms with Gasteiger partial charge in [0.05, 0.1) is 11.1 Å². The predicted octanol–water partition coefficient (Wildman–Crippen LogP) is 3.24. The average Bonchev–Trinajstić information content (AvgIpc) is 2.77. The van der Waals surface area contributed by atoms with Crippen LogP contribution in [0.5, 0.6) is 0 Å². The number of aliphatic carboxylic acids is 1. The second kappa shape index (κ2) is 5.89. The number of anilines is 1. The predicted molar refractivity (Wildman–Crippen MR) is 76.9 cm³/mol. The van der Waals surface area contributed by atoms with Crippen LogP contribution in [-0.2, 0) is 4.79 Å². The Morgan fingerprint density at radius 3 is 2.86 bits per heavy atom. The molecule has 0 spiro atoms. The van der Waals surface area contributed by atoms with Crippen molar-refractivity contribution < 1.29 is 19.1 Å². The van der Waals surface area contributed by atoms with Crippen LogP contribution >= 0.6 is 11.6 Å². The van der Waals surface area contributed by atoms with Crippen molar-refractivity contribution in [2.24, 2.45) is 5.41 Å². The van der Waals surface area contributed by atoms with E-state index in [9.17, 15) is 19.1 Å². The van der Waals surface area contributed by atoms with Gasteiger partial charge in [-0.2, -0.15) is 0 Å². The van der Waals surface area contributed by atoms with Crippen molar-refractivity contribution in [3.8, 4) is 0 Å². The van der Waals surface area contributed by atoms with Gasteiger partial charge < -0.3 is 15.7 Å². The number of urea groups is 1. The van der Waals surface area contributed by atoms with Crippen molar-refractivity contribution in [1.82, 2.24) is 5.32 Å². The number of carbonyl (C=O) groups is 2. The van der Waals surface area contributed by atoms with E-state index < -0.39 is 29.3 Å². The molecule has 2 atom stereocenters. The van der Waals surface area contributed by atoms with E-state index in [4.69, 9.17) is 11.6 Å². The lowest BCUT2D eigenvalue weighted by Crippen LogP contribution is -2.48. The minimum absolute atomic E-state index is 0.0463. The molecule has 0 radical (unpaired) electrons. The molecule has 114 valence electrons. The third kappa shape index (κ3) is 3.26. The summed E-state index contributed by atoms with van der Waals surface area (Å²) in [7, 11) is 0. The normalized spacial score (nSPS) is 24.6. The maximum Gasteiger partial charge on any atom is 0.319 e. The van der Waals surface area contributed by atoms with Crippen molar-refractivity contribution in [3.05, 3.63) is 29.0 Å². The lowest BCUT2D eigenvalue weighted by Gasteiger charge is -2.27. The molecular weight excluding hydrogens is 299 g/mol. The molecule has 2 rings (SSSR count). The first kappa shape index (κ1) is 15.6. The van der Waals surface area contributed by atoms with Crippen LogP contribution in [-0.4, -0.2) is 23.1 Å². The Morgan fingerprint density at radius 2 is 2.19 bits per heavy atom. The molecule has 3 N–H and O–H groups in total. The quantitative estimate of drug-likeness (QED) is 0.801. The number of nitrogens with one attached hydrogen (secondary N) is 2. The highest BCUT2D eigenvalue weighted by Crippen LogP contribution is 2.38. The molecule has 1 aliphatic carbocycles. The van der Waals surface area contributed by atoms with E-state index in [-0.39, 0.29) is 5.69 Å². The van der Waals surface area contributed by atoms with Gasteiger partial charge in [0.15, 0.2) is 0 Å². The molecule has 0 heterocycles. The molecule has 1 fully saturated rings. The molecular formula is C14H16ClFN2O3. The van der Waals surface area contributed by atoms with Crippen LogP contribution in [0.15, 0.2) is 18.2 Å². The first-order valence-electron chi connectivity index (χ1n) is 6.59. The molecule has 0 saturated heterocycles. The van der Waals surface area contributed by atoms with Gasteiger partial charge in [0.2, 0.25) is 0 Å². The largest absolute Gasteiger partial charge is 0.481 e. The van der Waals surface area contributed by atoms with Gasteiger partial charge in [0.25, 0.3) is 0 Å². The minimum Gasteiger partial charge on any atom is -0.481 e. The van der Waals surface area contributed by atoms with E-state index in [1.165, 1.54) is 12.1 Å². The lowest BCUT2D eigenvalue weighted by molar-refractivity contribution is -0.148. The van der Waals surface area contributed by atoms with Crippen LogP contribution < -0.4 is 10.6 Å². The molecule has 21 heavy (non-hydrogen) atoms. The Morgan fingerprint density at radius 1 is 1.48 bits per heavy atom. The molecule has 5 nitrogen and oxygen atoms in total. The van der Waals surface area contributed by atoms with Crippen LogP contribution in [0.3, 0.4) is 0 Å². The number of hydrogen-bond donors (Lipinski definition) is 3. The first-order valence-corrected chi connectivity index (χ1v) is 6.96. The maximum atomic E-state index is 13.5. The zero-order valence-corrected chi connectivity index (χ0v) is 12.2. The average molecular weight is 315 g/mol. The number of hydrogen-bond acceptors (Lipinski definition) is 2. The van der Waals surface area contributed by atoms with Gasteiger partial charge in [0, 0.05) is 11.1 Å². The van der Waals surface area contributed by atoms with E-state index in [1.54, 1.807) is 6.92 Å². The fourth-order valence-corrected chi connectivity index (χ4v) is 2.74. The summed E-state index contributed by atoms with van der Waals surface area (Å²) in [5.74, 6) is -1.55. The summed E-state index contributed by atoms with van der Waals surface area (Å²) in [6, 6.07) is 2.68. The number of carboxylic acid groups (broad SMARTS) is 1. The van der Waals surface area contributed by atoms with Crippen LogP contribution in [0.25, 0.3) is 0 Å². The number of rotatable bonds is 3.